The van der Waals surface area contributed by atoms with Crippen LogP contribution >= 0.6 is 11.6 Å². The molecule has 2 heterocycles. The lowest BCUT2D eigenvalue weighted by molar-refractivity contribution is 0.160. The molecule has 4 nitrogen and oxygen atoms in total. The summed E-state index contributed by atoms with van der Waals surface area (Å²) in [7, 11) is 0. The van der Waals surface area contributed by atoms with E-state index >= 15 is 0 Å². The summed E-state index contributed by atoms with van der Waals surface area (Å²) in [5, 5.41) is 9.82. The van der Waals surface area contributed by atoms with E-state index in [1.807, 2.05) is 30.5 Å². The minimum atomic E-state index is 0.209. The largest absolute Gasteiger partial charge is 0.395 e. The maximum Gasteiger partial charge on any atom is 0.0889 e. The smallest absolute Gasteiger partial charge is 0.0889 e. The fourth-order valence-electron chi connectivity index (χ4n) is 3.01. The summed E-state index contributed by atoms with van der Waals surface area (Å²) >= 11 is 6.06. The number of halogens is 1. The van der Waals surface area contributed by atoms with Crippen LogP contribution in [0, 0.1) is 0 Å². The predicted molar refractivity (Wildman–Crippen MR) is 88.0 cm³/mol. The van der Waals surface area contributed by atoms with Crippen molar-refractivity contribution >= 4 is 11.6 Å². The lowest BCUT2D eigenvalue weighted by atomic mass is 9.95. The van der Waals surface area contributed by atoms with E-state index in [0.29, 0.717) is 10.9 Å². The first kappa shape index (κ1) is 15.4. The van der Waals surface area contributed by atoms with Crippen LogP contribution in [0.15, 0.2) is 36.7 Å². The summed E-state index contributed by atoms with van der Waals surface area (Å²) in [6.07, 6.45) is 5.90. The zero-order valence-corrected chi connectivity index (χ0v) is 13.2. The first-order valence-corrected chi connectivity index (χ1v) is 8.05. The van der Waals surface area contributed by atoms with Crippen molar-refractivity contribution in [3.8, 4) is 11.3 Å². The number of rotatable bonds is 4. The second-order valence-corrected chi connectivity index (χ2v) is 6.14. The number of likely N-dealkylation sites (tertiary alicyclic amines) is 1. The average molecular weight is 318 g/mol. The van der Waals surface area contributed by atoms with E-state index in [1.165, 1.54) is 0 Å². The van der Waals surface area contributed by atoms with Crippen molar-refractivity contribution in [2.45, 2.75) is 18.8 Å². The van der Waals surface area contributed by atoms with Gasteiger partial charge in [-0.3, -0.25) is 4.98 Å². The Hall–Kier alpha value is -1.49. The predicted octanol–water partition coefficient (Wildman–Crippen LogP) is 2.97. The van der Waals surface area contributed by atoms with Gasteiger partial charge in [0.25, 0.3) is 0 Å². The van der Waals surface area contributed by atoms with E-state index in [1.54, 1.807) is 6.20 Å². The standard InChI is InChI=1S/C17H20ClN3O/c18-15-5-1-3-13(9-15)16-10-19-11-17(20-16)14-4-2-6-21(12-14)7-8-22/h1,3,5,9-11,14,22H,2,4,6-8,12H2/t14-/m1/s1. The average Bonchev–Trinajstić information content (AvgIpc) is 2.56. The van der Waals surface area contributed by atoms with Crippen molar-refractivity contribution in [1.82, 2.24) is 14.9 Å². The first-order valence-electron chi connectivity index (χ1n) is 7.67. The Balaban J connectivity index is 1.82. The zero-order chi connectivity index (χ0) is 15.4. The molecule has 0 aliphatic carbocycles. The number of aromatic nitrogens is 2. The molecule has 3 rings (SSSR count). The van der Waals surface area contributed by atoms with Crippen molar-refractivity contribution in [2.24, 2.45) is 0 Å². The molecule has 1 aliphatic heterocycles. The Morgan fingerprint density at radius 2 is 2.23 bits per heavy atom. The van der Waals surface area contributed by atoms with Gasteiger partial charge in [-0.2, -0.15) is 0 Å². The van der Waals surface area contributed by atoms with Crippen LogP contribution in [0.25, 0.3) is 11.3 Å². The second-order valence-electron chi connectivity index (χ2n) is 5.70. The molecule has 1 aliphatic rings. The van der Waals surface area contributed by atoms with E-state index in [-0.39, 0.29) is 6.61 Å². The molecule has 1 atom stereocenters. The molecule has 1 saturated heterocycles. The number of hydrogen-bond donors (Lipinski definition) is 1. The summed E-state index contributed by atoms with van der Waals surface area (Å²) in [5.74, 6) is 0.381. The van der Waals surface area contributed by atoms with E-state index in [4.69, 9.17) is 21.7 Å². The van der Waals surface area contributed by atoms with Gasteiger partial charge in [0.15, 0.2) is 0 Å². The third-order valence-electron chi connectivity index (χ3n) is 4.11. The van der Waals surface area contributed by atoms with Crippen LogP contribution in [0.3, 0.4) is 0 Å². The highest BCUT2D eigenvalue weighted by atomic mass is 35.5. The number of nitrogens with zero attached hydrogens (tertiary/aromatic N) is 3. The molecule has 116 valence electrons. The molecular formula is C17H20ClN3O. The lowest BCUT2D eigenvalue weighted by Gasteiger charge is -2.31. The van der Waals surface area contributed by atoms with Gasteiger partial charge in [-0.15, -0.1) is 0 Å². The van der Waals surface area contributed by atoms with Gasteiger partial charge in [0.05, 0.1) is 24.2 Å². The molecule has 0 bridgehead atoms. The highest BCUT2D eigenvalue weighted by molar-refractivity contribution is 6.30. The minimum Gasteiger partial charge on any atom is -0.395 e. The molecule has 1 fully saturated rings. The van der Waals surface area contributed by atoms with Crippen molar-refractivity contribution in [1.29, 1.82) is 0 Å². The summed E-state index contributed by atoms with van der Waals surface area (Å²) < 4.78 is 0. The van der Waals surface area contributed by atoms with Crippen molar-refractivity contribution in [3.05, 3.63) is 47.4 Å². The van der Waals surface area contributed by atoms with E-state index in [9.17, 15) is 0 Å². The van der Waals surface area contributed by atoms with E-state index in [0.717, 1.165) is 49.4 Å². The van der Waals surface area contributed by atoms with Gasteiger partial charge >= 0.3 is 0 Å². The molecule has 1 N–H and O–H groups in total. The van der Waals surface area contributed by atoms with Crippen LogP contribution in [-0.2, 0) is 0 Å². The highest BCUT2D eigenvalue weighted by Crippen LogP contribution is 2.27. The van der Waals surface area contributed by atoms with Gasteiger partial charge < -0.3 is 10.0 Å². The Bertz CT molecular complexity index is 633. The third-order valence-corrected chi connectivity index (χ3v) is 4.35. The normalized spacial score (nSPS) is 19.3. The van der Waals surface area contributed by atoms with Gasteiger partial charge in [0.1, 0.15) is 0 Å². The number of benzene rings is 1. The third kappa shape index (κ3) is 3.64. The Morgan fingerprint density at radius 3 is 3.05 bits per heavy atom. The van der Waals surface area contributed by atoms with Gasteiger partial charge in [-0.1, -0.05) is 23.7 Å². The summed E-state index contributed by atoms with van der Waals surface area (Å²) in [6.45, 7) is 2.94. The quantitative estimate of drug-likeness (QED) is 0.942. The van der Waals surface area contributed by atoms with Crippen LogP contribution in [-0.4, -0.2) is 46.2 Å². The molecule has 0 saturated carbocycles. The van der Waals surface area contributed by atoms with Crippen LogP contribution in [0.5, 0.6) is 0 Å². The summed E-state index contributed by atoms with van der Waals surface area (Å²) in [6, 6.07) is 7.69. The van der Waals surface area contributed by atoms with E-state index < -0.39 is 0 Å². The molecule has 5 heteroatoms. The van der Waals surface area contributed by atoms with Crippen molar-refractivity contribution in [3.63, 3.8) is 0 Å². The molecule has 0 amide bonds. The summed E-state index contributed by atoms with van der Waals surface area (Å²) in [4.78, 5) is 11.4. The lowest BCUT2D eigenvalue weighted by Crippen LogP contribution is -2.36. The van der Waals surface area contributed by atoms with Gasteiger partial charge in [-0.25, -0.2) is 4.98 Å². The van der Waals surface area contributed by atoms with E-state index in [2.05, 4.69) is 9.88 Å². The maximum atomic E-state index is 9.11. The molecule has 2 aromatic rings. The van der Waals surface area contributed by atoms with Crippen LogP contribution < -0.4 is 0 Å². The monoisotopic (exact) mass is 317 g/mol. The second kappa shape index (κ2) is 7.18. The van der Waals surface area contributed by atoms with Crippen molar-refractivity contribution in [2.75, 3.05) is 26.2 Å². The molecule has 22 heavy (non-hydrogen) atoms. The zero-order valence-electron chi connectivity index (χ0n) is 12.5. The minimum absolute atomic E-state index is 0.209. The number of aliphatic hydroxyl groups is 1. The van der Waals surface area contributed by atoms with Crippen LogP contribution in [0.1, 0.15) is 24.5 Å². The highest BCUT2D eigenvalue weighted by Gasteiger charge is 2.22. The van der Waals surface area contributed by atoms with Gasteiger partial charge in [-0.05, 0) is 31.5 Å². The number of piperidine rings is 1. The number of aliphatic hydroxyl groups excluding tert-OH is 1. The SMILES string of the molecule is OCCN1CCC[C@@H](c2cncc(-c3cccc(Cl)c3)n2)C1. The molecule has 0 radical (unpaired) electrons. The number of hydrogen-bond acceptors (Lipinski definition) is 4. The number of β-amino-alcohol motifs (C(OH)–C–C–N with tert-alkyl or cyclic N) is 1. The van der Waals surface area contributed by atoms with Crippen molar-refractivity contribution < 1.29 is 5.11 Å². The summed E-state index contributed by atoms with van der Waals surface area (Å²) in [5.41, 5.74) is 2.88. The Morgan fingerprint density at radius 1 is 1.32 bits per heavy atom. The molecule has 1 aromatic carbocycles. The van der Waals surface area contributed by atoms with Gasteiger partial charge in [0, 0.05) is 35.8 Å². The van der Waals surface area contributed by atoms with Crippen LogP contribution in [0.4, 0.5) is 0 Å². The van der Waals surface area contributed by atoms with Crippen LogP contribution in [0.2, 0.25) is 5.02 Å². The maximum absolute atomic E-state index is 9.11. The molecule has 0 unspecified atom stereocenters. The Labute approximate surface area is 135 Å². The molecule has 1 aromatic heterocycles. The topological polar surface area (TPSA) is 49.2 Å². The Kier molecular flexibility index (Phi) is 5.03. The molecular weight excluding hydrogens is 298 g/mol. The molecule has 0 spiro atoms. The fraction of sp³-hybridized carbons (Fsp3) is 0.412. The fourth-order valence-corrected chi connectivity index (χ4v) is 3.20. The first-order chi connectivity index (χ1) is 10.8. The van der Waals surface area contributed by atoms with Gasteiger partial charge in [0.2, 0.25) is 0 Å².